The monoisotopic (exact) mass is 383 g/mol. The van der Waals surface area contributed by atoms with E-state index in [1.165, 1.54) is 0 Å². The molecule has 8 heteroatoms. The summed E-state index contributed by atoms with van der Waals surface area (Å²) in [5.41, 5.74) is 0.553. The Morgan fingerprint density at radius 3 is 2.64 bits per heavy atom. The van der Waals surface area contributed by atoms with Crippen molar-refractivity contribution in [1.82, 2.24) is 15.5 Å². The highest BCUT2D eigenvalue weighted by atomic mass is 35.5. The van der Waals surface area contributed by atoms with Crippen LogP contribution in [0.25, 0.3) is 0 Å². The molecule has 0 bridgehead atoms. The Labute approximate surface area is 156 Å². The van der Waals surface area contributed by atoms with E-state index in [2.05, 4.69) is 15.5 Å². The fourth-order valence-corrected chi connectivity index (χ4v) is 2.56. The second-order valence-corrected chi connectivity index (χ2v) is 7.88. The number of hydrogen-bond acceptors (Lipinski definition) is 6. The number of alkyl carbamates (subject to hydrolysis) is 1. The average molecular weight is 384 g/mol. The highest BCUT2D eigenvalue weighted by Crippen LogP contribution is 2.22. The van der Waals surface area contributed by atoms with Crippen LogP contribution in [0.5, 0.6) is 0 Å². The molecule has 0 fully saturated rings. The van der Waals surface area contributed by atoms with Crippen LogP contribution in [0.3, 0.4) is 0 Å². The molecule has 1 amide bonds. The lowest BCUT2D eigenvalue weighted by atomic mass is 10.1. The average Bonchev–Trinajstić information content (AvgIpc) is 2.96. The predicted molar refractivity (Wildman–Crippen MR) is 98.8 cm³/mol. The van der Waals surface area contributed by atoms with Crippen molar-refractivity contribution in [3.05, 3.63) is 46.6 Å². The molecule has 1 aromatic heterocycles. The molecular formula is C17H22ClN3O3S. The Hall–Kier alpha value is -1.73. The second-order valence-electron chi connectivity index (χ2n) is 6.58. The van der Waals surface area contributed by atoms with Crippen LogP contribution in [0, 0.1) is 0 Å². The fourth-order valence-electron chi connectivity index (χ4n) is 2.07. The quantitative estimate of drug-likeness (QED) is 0.796. The van der Waals surface area contributed by atoms with Gasteiger partial charge in [0.2, 0.25) is 11.7 Å². The second kappa shape index (κ2) is 8.58. The van der Waals surface area contributed by atoms with Crippen LogP contribution in [0.15, 0.2) is 28.8 Å². The van der Waals surface area contributed by atoms with Crippen molar-refractivity contribution in [2.75, 3.05) is 6.26 Å². The largest absolute Gasteiger partial charge is 0.437 e. The lowest BCUT2D eigenvalue weighted by Gasteiger charge is -2.22. The summed E-state index contributed by atoms with van der Waals surface area (Å²) in [5, 5.41) is 7.39. The molecule has 2 rings (SSSR count). The number of benzene rings is 1. The van der Waals surface area contributed by atoms with Crippen molar-refractivity contribution in [1.29, 1.82) is 0 Å². The Balaban J connectivity index is 2.17. The van der Waals surface area contributed by atoms with E-state index >= 15 is 0 Å². The van der Waals surface area contributed by atoms with E-state index in [4.69, 9.17) is 20.9 Å². The summed E-state index contributed by atoms with van der Waals surface area (Å²) in [6.07, 6.45) is 1.19. The van der Waals surface area contributed by atoms with Crippen molar-refractivity contribution in [3.63, 3.8) is 0 Å². The number of nitrogens with one attached hydrogen (secondary N) is 1. The summed E-state index contributed by atoms with van der Waals surface area (Å²) in [4.78, 5) is 16.5. The molecule has 0 aliphatic rings. The summed E-state index contributed by atoms with van der Waals surface area (Å²) >= 11 is 7.50. The number of aromatic nitrogens is 2. The maximum Gasteiger partial charge on any atom is 0.408 e. The standard InChI is InChI=1S/C17H22ClN3O3S/c1-17(2,3)20-16(22)23-13(9-11-5-7-12(18)8-6-11)15-19-14(10-25-4)24-21-15/h5-8,13H,9-10H2,1-4H3,(H,20,22)/t13-/m0/s1. The molecule has 0 saturated carbocycles. The van der Waals surface area contributed by atoms with Gasteiger partial charge in [0.05, 0.1) is 5.75 Å². The molecule has 25 heavy (non-hydrogen) atoms. The van der Waals surface area contributed by atoms with Gasteiger partial charge in [-0.3, -0.25) is 0 Å². The van der Waals surface area contributed by atoms with Gasteiger partial charge in [-0.15, -0.1) is 0 Å². The minimum Gasteiger partial charge on any atom is -0.437 e. The third kappa shape index (κ3) is 6.59. The minimum absolute atomic E-state index is 0.350. The first-order valence-corrected chi connectivity index (χ1v) is 9.58. The lowest BCUT2D eigenvalue weighted by Crippen LogP contribution is -2.41. The number of carbonyl (C=O) groups excluding carboxylic acids is 1. The molecule has 136 valence electrons. The number of rotatable bonds is 6. The summed E-state index contributed by atoms with van der Waals surface area (Å²) in [6.45, 7) is 5.65. The normalized spacial score (nSPS) is 12.7. The van der Waals surface area contributed by atoms with E-state index in [0.29, 0.717) is 28.9 Å². The maximum atomic E-state index is 12.2. The first-order valence-electron chi connectivity index (χ1n) is 7.81. The predicted octanol–water partition coefficient (Wildman–Crippen LogP) is 4.39. The zero-order chi connectivity index (χ0) is 18.4. The van der Waals surface area contributed by atoms with Gasteiger partial charge in [0.1, 0.15) is 0 Å². The number of carbonyl (C=O) groups is 1. The van der Waals surface area contributed by atoms with Crippen LogP contribution in [0.4, 0.5) is 4.79 Å². The van der Waals surface area contributed by atoms with Gasteiger partial charge in [0.25, 0.3) is 0 Å². The molecule has 0 radical (unpaired) electrons. The number of ether oxygens (including phenoxy) is 1. The van der Waals surface area contributed by atoms with Gasteiger partial charge in [-0.2, -0.15) is 16.7 Å². The van der Waals surface area contributed by atoms with E-state index in [1.807, 2.05) is 39.2 Å². The van der Waals surface area contributed by atoms with Gasteiger partial charge in [-0.25, -0.2) is 4.79 Å². The van der Waals surface area contributed by atoms with Crippen LogP contribution in [-0.4, -0.2) is 28.0 Å². The molecule has 2 aromatic rings. The maximum absolute atomic E-state index is 12.2. The van der Waals surface area contributed by atoms with Crippen molar-refractivity contribution in [2.45, 2.75) is 44.6 Å². The number of amides is 1. The highest BCUT2D eigenvalue weighted by molar-refractivity contribution is 7.97. The topological polar surface area (TPSA) is 77.2 Å². The Morgan fingerprint density at radius 2 is 2.04 bits per heavy atom. The van der Waals surface area contributed by atoms with Crippen molar-refractivity contribution >= 4 is 29.5 Å². The third-order valence-electron chi connectivity index (χ3n) is 3.10. The van der Waals surface area contributed by atoms with Crippen LogP contribution in [-0.2, 0) is 16.9 Å². The molecule has 1 heterocycles. The number of halogens is 1. The van der Waals surface area contributed by atoms with Gasteiger partial charge < -0.3 is 14.6 Å². The van der Waals surface area contributed by atoms with Gasteiger partial charge in [-0.05, 0) is 44.7 Å². The van der Waals surface area contributed by atoms with Crippen LogP contribution >= 0.6 is 23.4 Å². The van der Waals surface area contributed by atoms with E-state index in [1.54, 1.807) is 23.9 Å². The van der Waals surface area contributed by atoms with Gasteiger partial charge >= 0.3 is 6.09 Å². The van der Waals surface area contributed by atoms with Crippen LogP contribution in [0.2, 0.25) is 5.02 Å². The van der Waals surface area contributed by atoms with Gasteiger partial charge in [0, 0.05) is 17.0 Å². The number of hydrogen-bond donors (Lipinski definition) is 1. The zero-order valence-electron chi connectivity index (χ0n) is 14.7. The minimum atomic E-state index is -0.650. The van der Waals surface area contributed by atoms with Crippen molar-refractivity contribution in [3.8, 4) is 0 Å². The number of thioether (sulfide) groups is 1. The molecule has 0 aliphatic carbocycles. The van der Waals surface area contributed by atoms with E-state index in [9.17, 15) is 4.79 Å². The van der Waals surface area contributed by atoms with Crippen LogP contribution < -0.4 is 5.32 Å². The Kier molecular flexibility index (Phi) is 6.72. The molecular weight excluding hydrogens is 362 g/mol. The molecule has 0 aliphatic heterocycles. The highest BCUT2D eigenvalue weighted by Gasteiger charge is 2.25. The first-order chi connectivity index (χ1) is 11.8. The molecule has 6 nitrogen and oxygen atoms in total. The first kappa shape index (κ1) is 19.6. The van der Waals surface area contributed by atoms with E-state index < -0.39 is 17.7 Å². The summed E-state index contributed by atoms with van der Waals surface area (Å²) in [6, 6.07) is 7.34. The summed E-state index contributed by atoms with van der Waals surface area (Å²) in [5.74, 6) is 1.46. The molecule has 1 atom stereocenters. The molecule has 0 saturated heterocycles. The van der Waals surface area contributed by atoms with Gasteiger partial charge in [-0.1, -0.05) is 28.9 Å². The van der Waals surface area contributed by atoms with Crippen molar-refractivity contribution in [2.24, 2.45) is 0 Å². The SMILES string of the molecule is CSCc1nc([C@H](Cc2ccc(Cl)cc2)OC(=O)NC(C)(C)C)no1. The fraction of sp³-hybridized carbons (Fsp3) is 0.471. The van der Waals surface area contributed by atoms with Crippen LogP contribution in [0.1, 0.15) is 44.2 Å². The van der Waals surface area contributed by atoms with Crippen molar-refractivity contribution < 1.29 is 14.1 Å². The molecule has 0 unspecified atom stereocenters. The molecule has 1 aromatic carbocycles. The zero-order valence-corrected chi connectivity index (χ0v) is 16.3. The Morgan fingerprint density at radius 1 is 1.36 bits per heavy atom. The summed E-state index contributed by atoms with van der Waals surface area (Å²) in [7, 11) is 0. The lowest BCUT2D eigenvalue weighted by molar-refractivity contribution is 0.0851. The number of nitrogens with zero attached hydrogens (tertiary/aromatic N) is 2. The summed E-state index contributed by atoms with van der Waals surface area (Å²) < 4.78 is 10.8. The van der Waals surface area contributed by atoms with Gasteiger partial charge in [0.15, 0.2) is 6.10 Å². The molecule has 1 N–H and O–H groups in total. The van der Waals surface area contributed by atoms with E-state index in [0.717, 1.165) is 5.56 Å². The third-order valence-corrected chi connectivity index (χ3v) is 3.89. The molecule has 0 spiro atoms. The smallest absolute Gasteiger partial charge is 0.408 e. The van der Waals surface area contributed by atoms with E-state index in [-0.39, 0.29) is 0 Å². The Bertz CT molecular complexity index is 698.